The van der Waals surface area contributed by atoms with Gasteiger partial charge in [-0.05, 0) is 32.1 Å². The molecule has 22 heavy (non-hydrogen) atoms. The van der Waals surface area contributed by atoms with Crippen molar-refractivity contribution >= 4 is 15.7 Å². The molecule has 0 bridgehead atoms. The largest absolute Gasteiger partial charge is 0.347 e. The van der Waals surface area contributed by atoms with E-state index in [2.05, 4.69) is 17.0 Å². The summed E-state index contributed by atoms with van der Waals surface area (Å²) in [5.41, 5.74) is 1.90. The van der Waals surface area contributed by atoms with Crippen molar-refractivity contribution in [3.05, 3.63) is 17.5 Å². The highest BCUT2D eigenvalue weighted by Crippen LogP contribution is 2.23. The molecule has 8 heteroatoms. The third-order valence-corrected chi connectivity index (χ3v) is 5.43. The molecule has 1 atom stereocenters. The number of carbonyl (C=O) groups excluding carboxylic acids is 1. The average molecular weight is 328 g/mol. The molecule has 1 rings (SSSR count). The number of hydrogen-bond acceptors (Lipinski definition) is 6. The summed E-state index contributed by atoms with van der Waals surface area (Å²) in [6, 6.07) is 1.61. The highest BCUT2D eigenvalue weighted by Gasteiger charge is 2.43. The van der Waals surface area contributed by atoms with Crippen LogP contribution in [0, 0.1) is 11.8 Å². The van der Waals surface area contributed by atoms with Gasteiger partial charge in [-0.1, -0.05) is 18.0 Å². The molecule has 1 aromatic rings. The molecule has 0 aliphatic carbocycles. The van der Waals surface area contributed by atoms with Gasteiger partial charge in [0.25, 0.3) is 5.91 Å². The van der Waals surface area contributed by atoms with Crippen molar-refractivity contribution in [3.8, 4) is 11.8 Å². The van der Waals surface area contributed by atoms with Gasteiger partial charge in [-0.2, -0.15) is 0 Å². The van der Waals surface area contributed by atoms with Gasteiger partial charge < -0.3 is 4.52 Å². The van der Waals surface area contributed by atoms with Crippen molar-refractivity contribution in [2.45, 2.75) is 44.3 Å². The first-order valence-electron chi connectivity index (χ1n) is 6.83. The van der Waals surface area contributed by atoms with Crippen LogP contribution in [0.25, 0.3) is 0 Å². The number of unbranched alkanes of at least 4 members (excludes halogenated alkanes) is 1. The van der Waals surface area contributed by atoms with Crippen LogP contribution in [0.3, 0.4) is 0 Å². The molecule has 122 valence electrons. The van der Waals surface area contributed by atoms with Crippen molar-refractivity contribution in [3.63, 3.8) is 0 Å². The Kier molecular flexibility index (Phi) is 6.14. The van der Waals surface area contributed by atoms with Crippen molar-refractivity contribution in [2.75, 3.05) is 6.26 Å². The molecule has 1 heterocycles. The van der Waals surface area contributed by atoms with Crippen LogP contribution in [-0.4, -0.2) is 35.7 Å². The van der Waals surface area contributed by atoms with E-state index in [0.29, 0.717) is 11.5 Å². The monoisotopic (exact) mass is 328 g/mol. The van der Waals surface area contributed by atoms with Gasteiger partial charge in [-0.3, -0.25) is 10.0 Å². The van der Waals surface area contributed by atoms with Crippen molar-refractivity contribution < 1.29 is 22.9 Å². The Morgan fingerprint density at radius 1 is 1.55 bits per heavy atom. The van der Waals surface area contributed by atoms with Gasteiger partial charge in [0.2, 0.25) is 5.76 Å². The predicted molar refractivity (Wildman–Crippen MR) is 79.8 cm³/mol. The lowest BCUT2D eigenvalue weighted by Gasteiger charge is -2.24. The van der Waals surface area contributed by atoms with Crippen LogP contribution >= 0.6 is 0 Å². The SMILES string of the molecule is CCCC#Cc1cc(CCC(C)(C(=O)NO)S(C)(=O)=O)no1. The standard InChI is InChI=1S/C14H20N2O5S/c1-4-5-6-7-12-10-11(16-21-12)8-9-14(2,13(17)15-18)22(3,19)20/h10,18H,4-5,8-9H2,1-3H3,(H,15,17). The number of aryl methyl sites for hydroxylation is 1. The smallest absolute Gasteiger partial charge is 0.264 e. The van der Waals surface area contributed by atoms with E-state index in [1.165, 1.54) is 12.4 Å². The summed E-state index contributed by atoms with van der Waals surface area (Å²) in [6.07, 6.45) is 2.81. The number of aromatic nitrogens is 1. The van der Waals surface area contributed by atoms with E-state index in [4.69, 9.17) is 9.73 Å². The van der Waals surface area contributed by atoms with Gasteiger partial charge in [-0.25, -0.2) is 13.9 Å². The fourth-order valence-electron chi connectivity index (χ4n) is 1.72. The van der Waals surface area contributed by atoms with Crippen LogP contribution in [0.15, 0.2) is 10.6 Å². The van der Waals surface area contributed by atoms with E-state index in [-0.39, 0.29) is 12.8 Å². The zero-order valence-electron chi connectivity index (χ0n) is 12.8. The molecule has 7 nitrogen and oxygen atoms in total. The second kappa shape index (κ2) is 7.42. The number of sulfone groups is 1. The Morgan fingerprint density at radius 3 is 2.77 bits per heavy atom. The maximum Gasteiger partial charge on any atom is 0.264 e. The van der Waals surface area contributed by atoms with E-state index < -0.39 is 20.5 Å². The number of carbonyl (C=O) groups is 1. The van der Waals surface area contributed by atoms with Crippen molar-refractivity contribution in [1.82, 2.24) is 10.6 Å². The van der Waals surface area contributed by atoms with Crippen LogP contribution in [0.4, 0.5) is 0 Å². The third-order valence-electron chi connectivity index (χ3n) is 3.40. The zero-order chi connectivity index (χ0) is 16.8. The molecule has 1 unspecified atom stereocenters. The molecular formula is C14H20N2O5S. The van der Waals surface area contributed by atoms with Gasteiger partial charge in [0.05, 0.1) is 5.69 Å². The van der Waals surface area contributed by atoms with E-state index >= 15 is 0 Å². The van der Waals surface area contributed by atoms with Gasteiger partial charge in [-0.15, -0.1) is 0 Å². The Labute approximate surface area is 129 Å². The van der Waals surface area contributed by atoms with Crippen LogP contribution in [0.5, 0.6) is 0 Å². The molecule has 1 aromatic heterocycles. The first-order valence-corrected chi connectivity index (χ1v) is 8.72. The van der Waals surface area contributed by atoms with Gasteiger partial charge in [0, 0.05) is 18.7 Å². The number of hydroxylamine groups is 1. The molecule has 0 saturated heterocycles. The number of hydrogen-bond donors (Lipinski definition) is 2. The maximum atomic E-state index is 11.8. The normalized spacial score (nSPS) is 13.8. The molecule has 0 saturated carbocycles. The average Bonchev–Trinajstić information content (AvgIpc) is 2.91. The molecular weight excluding hydrogens is 308 g/mol. The lowest BCUT2D eigenvalue weighted by atomic mass is 10.0. The summed E-state index contributed by atoms with van der Waals surface area (Å²) in [6.45, 7) is 3.27. The van der Waals surface area contributed by atoms with Gasteiger partial charge in [0.15, 0.2) is 9.84 Å². The highest BCUT2D eigenvalue weighted by atomic mass is 32.2. The molecule has 0 spiro atoms. The quantitative estimate of drug-likeness (QED) is 0.459. The Balaban J connectivity index is 2.83. The molecule has 1 amide bonds. The molecule has 0 aromatic carbocycles. The summed E-state index contributed by atoms with van der Waals surface area (Å²) in [7, 11) is -3.72. The number of rotatable bonds is 6. The minimum atomic E-state index is -3.72. The molecule has 0 radical (unpaired) electrons. The number of nitrogens with zero attached hydrogens (tertiary/aromatic N) is 1. The highest BCUT2D eigenvalue weighted by molar-refractivity contribution is 7.92. The van der Waals surface area contributed by atoms with Crippen LogP contribution in [-0.2, 0) is 21.1 Å². The van der Waals surface area contributed by atoms with E-state index in [9.17, 15) is 13.2 Å². The summed E-state index contributed by atoms with van der Waals surface area (Å²) in [5.74, 6) is 5.15. The number of amides is 1. The Hall–Kier alpha value is -1.85. The third kappa shape index (κ3) is 4.32. The van der Waals surface area contributed by atoms with Gasteiger partial charge in [0.1, 0.15) is 4.75 Å². The summed E-state index contributed by atoms with van der Waals surface area (Å²) in [5, 5.41) is 12.5. The van der Waals surface area contributed by atoms with Gasteiger partial charge >= 0.3 is 0 Å². The Bertz CT molecular complexity index is 684. The topological polar surface area (TPSA) is 110 Å². The minimum Gasteiger partial charge on any atom is -0.347 e. The minimum absolute atomic E-state index is 0.0351. The van der Waals surface area contributed by atoms with Crippen molar-refractivity contribution in [2.24, 2.45) is 0 Å². The summed E-state index contributed by atoms with van der Waals surface area (Å²) >= 11 is 0. The van der Waals surface area contributed by atoms with Crippen molar-refractivity contribution in [1.29, 1.82) is 0 Å². The molecule has 0 fully saturated rings. The zero-order valence-corrected chi connectivity index (χ0v) is 13.7. The fraction of sp³-hybridized carbons (Fsp3) is 0.571. The first-order chi connectivity index (χ1) is 10.2. The van der Waals surface area contributed by atoms with E-state index in [1.807, 2.05) is 6.92 Å². The second-order valence-electron chi connectivity index (χ2n) is 5.18. The second-order valence-corrected chi connectivity index (χ2v) is 7.62. The molecule has 0 aliphatic heterocycles. The number of nitrogens with one attached hydrogen (secondary N) is 1. The van der Waals surface area contributed by atoms with Crippen LogP contribution in [0.1, 0.15) is 44.6 Å². The first kappa shape index (κ1) is 18.2. The molecule has 2 N–H and O–H groups in total. The molecule has 0 aliphatic rings. The van der Waals surface area contributed by atoms with Crippen LogP contribution < -0.4 is 5.48 Å². The fourth-order valence-corrected chi connectivity index (χ4v) is 2.57. The van der Waals surface area contributed by atoms with E-state index in [0.717, 1.165) is 19.1 Å². The lowest BCUT2D eigenvalue weighted by Crippen LogP contribution is -2.49. The maximum absolute atomic E-state index is 11.8. The summed E-state index contributed by atoms with van der Waals surface area (Å²) in [4.78, 5) is 11.7. The van der Waals surface area contributed by atoms with Crippen LogP contribution in [0.2, 0.25) is 0 Å². The van der Waals surface area contributed by atoms with E-state index in [1.54, 1.807) is 6.07 Å². The predicted octanol–water partition coefficient (Wildman–Crippen LogP) is 1.07. The Morgan fingerprint density at radius 2 is 2.23 bits per heavy atom. The summed E-state index contributed by atoms with van der Waals surface area (Å²) < 4.78 is 26.9. The lowest BCUT2D eigenvalue weighted by molar-refractivity contribution is -0.131.